The van der Waals surface area contributed by atoms with Crippen molar-refractivity contribution in [3.05, 3.63) is 64.5 Å². The maximum Gasteiger partial charge on any atom is 0.417 e. The fourth-order valence-electron chi connectivity index (χ4n) is 5.23. The first kappa shape index (κ1) is 21.2. The van der Waals surface area contributed by atoms with Gasteiger partial charge in [0.25, 0.3) is 0 Å². The number of rotatable bonds is 2. The molecule has 0 bridgehead atoms. The number of benzene rings is 1. The first-order chi connectivity index (χ1) is 15.4. The number of aryl methyl sites for hydroxylation is 1. The van der Waals surface area contributed by atoms with Crippen molar-refractivity contribution in [2.24, 2.45) is 0 Å². The lowest BCUT2D eigenvalue weighted by Crippen LogP contribution is -2.46. The van der Waals surface area contributed by atoms with E-state index in [-0.39, 0.29) is 18.6 Å². The molecule has 0 radical (unpaired) electrons. The van der Waals surface area contributed by atoms with Crippen LogP contribution in [0.1, 0.15) is 53.3 Å². The summed E-state index contributed by atoms with van der Waals surface area (Å²) in [4.78, 5) is 20.6. The standard InChI is InChI=1S/C24H27F3N4O/c25-24(26,27)18-12-17-14-30(11-9-21(17)28-13-18)23(32)31-10-8-19(15-31)29-22-7-3-5-16-4-1-2-6-20(16)22/h1-2,4,6,12-13,19,22,29H,3,5,7-11,14-15H2. The number of aromatic nitrogens is 1. The van der Waals surface area contributed by atoms with Gasteiger partial charge in [-0.15, -0.1) is 0 Å². The molecule has 1 aromatic carbocycles. The molecule has 2 unspecified atom stereocenters. The summed E-state index contributed by atoms with van der Waals surface area (Å²) in [6.45, 7) is 1.95. The Morgan fingerprint density at radius 2 is 1.91 bits per heavy atom. The first-order valence-electron chi connectivity index (χ1n) is 11.3. The predicted molar refractivity (Wildman–Crippen MR) is 114 cm³/mol. The molecule has 2 atom stereocenters. The second-order valence-corrected chi connectivity index (χ2v) is 9.02. The van der Waals surface area contributed by atoms with E-state index in [0.29, 0.717) is 43.4 Å². The van der Waals surface area contributed by atoms with E-state index < -0.39 is 11.7 Å². The SMILES string of the molecule is O=C(N1CCc2ncc(C(F)(F)F)cc2C1)N1CCC(NC2CCCc3ccccc32)C1. The highest BCUT2D eigenvalue weighted by Gasteiger charge is 2.35. The number of carbonyl (C=O) groups excluding carboxylic acids is 1. The number of hydrogen-bond acceptors (Lipinski definition) is 3. The minimum absolute atomic E-state index is 0.0959. The molecular formula is C24H27F3N4O. The predicted octanol–water partition coefficient (Wildman–Crippen LogP) is 4.32. The summed E-state index contributed by atoms with van der Waals surface area (Å²) in [5.41, 5.74) is 3.15. The van der Waals surface area contributed by atoms with Crippen LogP contribution in [0.3, 0.4) is 0 Å². The highest BCUT2D eigenvalue weighted by Crippen LogP contribution is 2.32. The molecule has 1 saturated heterocycles. The Morgan fingerprint density at radius 1 is 1.06 bits per heavy atom. The highest BCUT2D eigenvalue weighted by molar-refractivity contribution is 5.75. The second-order valence-electron chi connectivity index (χ2n) is 9.02. The van der Waals surface area contributed by atoms with Crippen LogP contribution < -0.4 is 5.32 Å². The Hall–Kier alpha value is -2.61. The molecule has 1 fully saturated rings. The third-order valence-corrected chi connectivity index (χ3v) is 6.90. The van der Waals surface area contributed by atoms with Gasteiger partial charge in [0.2, 0.25) is 0 Å². The Balaban J connectivity index is 1.22. The van der Waals surface area contributed by atoms with E-state index in [1.54, 1.807) is 4.90 Å². The van der Waals surface area contributed by atoms with Crippen LogP contribution in [0.15, 0.2) is 36.5 Å². The lowest BCUT2D eigenvalue weighted by atomic mass is 9.87. The van der Waals surface area contributed by atoms with E-state index in [9.17, 15) is 18.0 Å². The number of nitrogens with one attached hydrogen (secondary N) is 1. The van der Waals surface area contributed by atoms with Gasteiger partial charge in [0, 0.05) is 56.6 Å². The van der Waals surface area contributed by atoms with E-state index in [1.807, 2.05) is 4.90 Å². The monoisotopic (exact) mass is 444 g/mol. The van der Waals surface area contributed by atoms with Crippen LogP contribution in [-0.2, 0) is 25.6 Å². The zero-order chi connectivity index (χ0) is 22.3. The molecule has 5 nitrogen and oxygen atoms in total. The Kier molecular flexibility index (Phi) is 5.57. The largest absolute Gasteiger partial charge is 0.417 e. The average molecular weight is 445 g/mol. The molecule has 1 aromatic heterocycles. The van der Waals surface area contributed by atoms with Gasteiger partial charge in [-0.3, -0.25) is 4.98 Å². The van der Waals surface area contributed by atoms with Crippen LogP contribution in [0.2, 0.25) is 0 Å². The van der Waals surface area contributed by atoms with Crippen LogP contribution in [0, 0.1) is 0 Å². The fraction of sp³-hybridized carbons (Fsp3) is 0.500. The second kappa shape index (κ2) is 8.39. The normalized spacial score (nSPS) is 23.1. The molecule has 0 spiro atoms. The lowest BCUT2D eigenvalue weighted by molar-refractivity contribution is -0.137. The van der Waals surface area contributed by atoms with Gasteiger partial charge in [0.05, 0.1) is 5.56 Å². The van der Waals surface area contributed by atoms with Crippen LogP contribution in [-0.4, -0.2) is 46.5 Å². The van der Waals surface area contributed by atoms with Crippen molar-refractivity contribution in [2.45, 2.75) is 56.9 Å². The molecule has 8 heteroatoms. The van der Waals surface area contributed by atoms with E-state index in [4.69, 9.17) is 0 Å². The van der Waals surface area contributed by atoms with Crippen molar-refractivity contribution in [3.8, 4) is 0 Å². The maximum absolute atomic E-state index is 13.1. The van der Waals surface area contributed by atoms with E-state index in [1.165, 1.54) is 11.1 Å². The lowest BCUT2D eigenvalue weighted by Gasteiger charge is -2.32. The number of nitrogens with zero attached hydrogens (tertiary/aromatic N) is 3. The number of likely N-dealkylation sites (tertiary alicyclic amines) is 1. The van der Waals surface area contributed by atoms with E-state index in [2.05, 4.69) is 34.6 Å². The quantitative estimate of drug-likeness (QED) is 0.751. The van der Waals surface area contributed by atoms with E-state index in [0.717, 1.165) is 37.9 Å². The molecule has 1 aliphatic carbocycles. The Morgan fingerprint density at radius 3 is 2.75 bits per heavy atom. The van der Waals surface area contributed by atoms with Crippen molar-refractivity contribution >= 4 is 6.03 Å². The molecule has 2 aliphatic heterocycles. The Bertz CT molecular complexity index is 1010. The minimum atomic E-state index is -4.43. The Labute approximate surface area is 185 Å². The molecule has 32 heavy (non-hydrogen) atoms. The summed E-state index contributed by atoms with van der Waals surface area (Å²) in [6, 6.07) is 10.1. The fourth-order valence-corrected chi connectivity index (χ4v) is 5.23. The number of carbonyl (C=O) groups is 1. The molecule has 3 aliphatic rings. The average Bonchev–Trinajstić information content (AvgIpc) is 3.26. The molecule has 3 heterocycles. The van der Waals surface area contributed by atoms with Gasteiger partial charge in [0.15, 0.2) is 0 Å². The van der Waals surface area contributed by atoms with Crippen LogP contribution >= 0.6 is 0 Å². The third kappa shape index (κ3) is 4.20. The maximum atomic E-state index is 13.1. The zero-order valence-corrected chi connectivity index (χ0v) is 17.9. The summed E-state index contributed by atoms with van der Waals surface area (Å²) < 4.78 is 39.2. The molecule has 170 valence electrons. The van der Waals surface area contributed by atoms with Crippen molar-refractivity contribution < 1.29 is 18.0 Å². The van der Waals surface area contributed by atoms with Gasteiger partial charge in [-0.05, 0) is 48.4 Å². The van der Waals surface area contributed by atoms with Crippen molar-refractivity contribution in [2.75, 3.05) is 19.6 Å². The summed E-state index contributed by atoms with van der Waals surface area (Å²) in [6.07, 6.45) is 1.19. The number of alkyl halides is 3. The molecule has 5 rings (SSSR count). The van der Waals surface area contributed by atoms with Crippen molar-refractivity contribution in [3.63, 3.8) is 0 Å². The number of halogens is 3. The van der Waals surface area contributed by atoms with Crippen LogP contribution in [0.25, 0.3) is 0 Å². The summed E-state index contributed by atoms with van der Waals surface area (Å²) >= 11 is 0. The zero-order valence-electron chi connectivity index (χ0n) is 17.9. The highest BCUT2D eigenvalue weighted by atomic mass is 19.4. The molecular weight excluding hydrogens is 417 g/mol. The summed E-state index contributed by atoms with van der Waals surface area (Å²) in [5.74, 6) is 0. The molecule has 0 saturated carbocycles. The van der Waals surface area contributed by atoms with Gasteiger partial charge in [0.1, 0.15) is 0 Å². The first-order valence-corrected chi connectivity index (χ1v) is 11.3. The topological polar surface area (TPSA) is 48.5 Å². The van der Waals surface area contributed by atoms with Gasteiger partial charge < -0.3 is 15.1 Å². The van der Waals surface area contributed by atoms with Crippen LogP contribution in [0.5, 0.6) is 0 Å². The van der Waals surface area contributed by atoms with Crippen LogP contribution in [0.4, 0.5) is 18.0 Å². The van der Waals surface area contributed by atoms with Gasteiger partial charge in [-0.25, -0.2) is 4.79 Å². The van der Waals surface area contributed by atoms with Gasteiger partial charge >= 0.3 is 12.2 Å². The van der Waals surface area contributed by atoms with Crippen molar-refractivity contribution in [1.82, 2.24) is 20.1 Å². The number of amides is 2. The van der Waals surface area contributed by atoms with Gasteiger partial charge in [-0.1, -0.05) is 24.3 Å². The summed E-state index contributed by atoms with van der Waals surface area (Å²) in [7, 11) is 0. The van der Waals surface area contributed by atoms with Gasteiger partial charge in [-0.2, -0.15) is 13.2 Å². The molecule has 2 amide bonds. The number of pyridine rings is 1. The summed E-state index contributed by atoms with van der Waals surface area (Å²) in [5, 5.41) is 3.75. The molecule has 2 aromatic rings. The number of hydrogen-bond donors (Lipinski definition) is 1. The van der Waals surface area contributed by atoms with Crippen molar-refractivity contribution in [1.29, 1.82) is 0 Å². The smallest absolute Gasteiger partial charge is 0.323 e. The van der Waals surface area contributed by atoms with E-state index >= 15 is 0 Å². The number of fused-ring (bicyclic) bond motifs is 2. The third-order valence-electron chi connectivity index (χ3n) is 6.90. The number of urea groups is 1. The molecule has 1 N–H and O–H groups in total. The minimum Gasteiger partial charge on any atom is -0.323 e.